The minimum atomic E-state index is -0.656. The first-order valence-electron chi connectivity index (χ1n) is 8.40. The van der Waals surface area contributed by atoms with Crippen molar-refractivity contribution in [3.8, 4) is 0 Å². The molecule has 134 valence electrons. The zero-order chi connectivity index (χ0) is 16.4. The Labute approximate surface area is 149 Å². The fourth-order valence-electron chi connectivity index (χ4n) is 3.93. The highest BCUT2D eigenvalue weighted by Crippen LogP contribution is 2.37. The van der Waals surface area contributed by atoms with Crippen molar-refractivity contribution >= 4 is 18.3 Å². The molecule has 2 fully saturated rings. The lowest BCUT2D eigenvalue weighted by Crippen LogP contribution is -2.60. The van der Waals surface area contributed by atoms with E-state index in [0.717, 1.165) is 5.56 Å². The van der Waals surface area contributed by atoms with Crippen LogP contribution >= 0.6 is 12.4 Å². The van der Waals surface area contributed by atoms with Gasteiger partial charge in [-0.15, -0.1) is 12.4 Å². The summed E-state index contributed by atoms with van der Waals surface area (Å²) < 4.78 is 19.2. The lowest BCUT2D eigenvalue weighted by molar-refractivity contribution is -0.143. The molecule has 24 heavy (non-hydrogen) atoms. The van der Waals surface area contributed by atoms with E-state index in [1.165, 1.54) is 12.1 Å². The minimum Gasteiger partial charge on any atom is -0.381 e. The smallest absolute Gasteiger partial charge is 0.233 e. The second-order valence-corrected chi connectivity index (χ2v) is 6.88. The molecule has 1 amide bonds. The second kappa shape index (κ2) is 7.81. The summed E-state index contributed by atoms with van der Waals surface area (Å²) in [6.45, 7) is 6.66. The van der Waals surface area contributed by atoms with Gasteiger partial charge in [0, 0.05) is 38.4 Å². The molecule has 4 nitrogen and oxygen atoms in total. The van der Waals surface area contributed by atoms with Gasteiger partial charge in [-0.2, -0.15) is 0 Å². The quantitative estimate of drug-likeness (QED) is 0.885. The van der Waals surface area contributed by atoms with Crippen molar-refractivity contribution in [1.82, 2.24) is 10.2 Å². The fourth-order valence-corrected chi connectivity index (χ4v) is 3.93. The van der Waals surface area contributed by atoms with Crippen molar-refractivity contribution in [1.29, 1.82) is 0 Å². The molecule has 0 radical (unpaired) electrons. The molecule has 0 saturated carbocycles. The monoisotopic (exact) mass is 356 g/mol. The SMILES string of the molecule is CC1CN(C(=O)C2(c3cccc(F)c3)CCOCC2)CC(C)N1.Cl. The standard InChI is InChI=1S/C18H25FN2O2.ClH/c1-13-11-21(12-14(2)20-13)17(22)18(6-8-23-9-7-18)15-4-3-5-16(19)10-15;/h3-5,10,13-14,20H,6-9,11-12H2,1-2H3;1H. The molecule has 6 heteroatoms. The van der Waals surface area contributed by atoms with Crippen LogP contribution in [0, 0.1) is 5.82 Å². The summed E-state index contributed by atoms with van der Waals surface area (Å²) in [5, 5.41) is 3.45. The Morgan fingerprint density at radius 3 is 2.46 bits per heavy atom. The van der Waals surface area contributed by atoms with Crippen molar-refractivity contribution in [2.75, 3.05) is 26.3 Å². The maximum Gasteiger partial charge on any atom is 0.233 e. The van der Waals surface area contributed by atoms with Crippen molar-refractivity contribution < 1.29 is 13.9 Å². The Morgan fingerprint density at radius 1 is 1.25 bits per heavy atom. The number of nitrogens with one attached hydrogen (secondary N) is 1. The van der Waals surface area contributed by atoms with Gasteiger partial charge in [-0.1, -0.05) is 12.1 Å². The van der Waals surface area contributed by atoms with Crippen LogP contribution in [0.5, 0.6) is 0 Å². The van der Waals surface area contributed by atoms with E-state index in [4.69, 9.17) is 4.74 Å². The first-order valence-corrected chi connectivity index (χ1v) is 8.40. The highest BCUT2D eigenvalue weighted by molar-refractivity contribution is 5.88. The molecule has 2 saturated heterocycles. The van der Waals surface area contributed by atoms with Crippen molar-refractivity contribution in [3.05, 3.63) is 35.6 Å². The topological polar surface area (TPSA) is 41.6 Å². The van der Waals surface area contributed by atoms with E-state index in [0.29, 0.717) is 39.1 Å². The Morgan fingerprint density at radius 2 is 1.88 bits per heavy atom. The number of carbonyl (C=O) groups excluding carboxylic acids is 1. The van der Waals surface area contributed by atoms with E-state index < -0.39 is 5.41 Å². The molecular formula is C18H26ClFN2O2. The number of hydrogen-bond donors (Lipinski definition) is 1. The number of halogens is 2. The van der Waals surface area contributed by atoms with Gasteiger partial charge in [0.15, 0.2) is 0 Å². The van der Waals surface area contributed by atoms with Gasteiger partial charge in [-0.05, 0) is 44.4 Å². The van der Waals surface area contributed by atoms with E-state index in [-0.39, 0.29) is 36.2 Å². The summed E-state index contributed by atoms with van der Waals surface area (Å²) in [5.74, 6) is -0.171. The summed E-state index contributed by atoms with van der Waals surface area (Å²) in [6, 6.07) is 7.05. The summed E-state index contributed by atoms with van der Waals surface area (Å²) in [5.41, 5.74) is 0.126. The number of benzene rings is 1. The first-order chi connectivity index (χ1) is 11.0. The predicted molar refractivity (Wildman–Crippen MR) is 94.0 cm³/mol. The molecule has 2 heterocycles. The number of piperazine rings is 1. The Hall–Kier alpha value is -1.17. The average molecular weight is 357 g/mol. The summed E-state index contributed by atoms with van der Waals surface area (Å²) in [4.78, 5) is 15.3. The van der Waals surface area contributed by atoms with E-state index in [1.807, 2.05) is 11.0 Å². The Bertz CT molecular complexity index is 568. The number of hydrogen-bond acceptors (Lipinski definition) is 3. The van der Waals surface area contributed by atoms with Gasteiger partial charge in [0.2, 0.25) is 5.91 Å². The van der Waals surface area contributed by atoms with E-state index in [9.17, 15) is 9.18 Å². The van der Waals surface area contributed by atoms with E-state index >= 15 is 0 Å². The molecule has 2 aliphatic heterocycles. The third-order valence-electron chi connectivity index (χ3n) is 4.98. The molecular weight excluding hydrogens is 331 g/mol. The maximum absolute atomic E-state index is 13.8. The predicted octanol–water partition coefficient (Wildman–Crippen LogP) is 2.50. The van der Waals surface area contributed by atoms with Gasteiger partial charge in [0.1, 0.15) is 5.82 Å². The number of amides is 1. The zero-order valence-electron chi connectivity index (χ0n) is 14.3. The van der Waals surface area contributed by atoms with Crippen LogP contribution in [-0.4, -0.2) is 49.2 Å². The van der Waals surface area contributed by atoms with Crippen molar-refractivity contribution in [3.63, 3.8) is 0 Å². The highest BCUT2D eigenvalue weighted by atomic mass is 35.5. The van der Waals surface area contributed by atoms with Crippen molar-refractivity contribution in [2.24, 2.45) is 0 Å². The van der Waals surface area contributed by atoms with Crippen molar-refractivity contribution in [2.45, 2.75) is 44.2 Å². The van der Waals surface area contributed by atoms with Crippen LogP contribution in [0.25, 0.3) is 0 Å². The largest absolute Gasteiger partial charge is 0.381 e. The van der Waals surface area contributed by atoms with Crippen LogP contribution in [0.4, 0.5) is 4.39 Å². The van der Waals surface area contributed by atoms with Gasteiger partial charge in [0.05, 0.1) is 5.41 Å². The number of nitrogens with zero attached hydrogens (tertiary/aromatic N) is 1. The zero-order valence-corrected chi connectivity index (χ0v) is 15.1. The number of ether oxygens (including phenoxy) is 1. The Balaban J connectivity index is 0.00000208. The summed E-state index contributed by atoms with van der Waals surface area (Å²) >= 11 is 0. The van der Waals surface area contributed by atoms with Gasteiger partial charge in [-0.25, -0.2) is 4.39 Å². The fraction of sp³-hybridized carbons (Fsp3) is 0.611. The highest BCUT2D eigenvalue weighted by Gasteiger charge is 2.45. The third kappa shape index (κ3) is 3.73. The normalized spacial score (nSPS) is 26.5. The van der Waals surface area contributed by atoms with Crippen LogP contribution in [-0.2, 0) is 14.9 Å². The lowest BCUT2D eigenvalue weighted by Gasteiger charge is -2.44. The molecule has 3 rings (SSSR count). The Kier molecular flexibility index (Phi) is 6.23. The molecule has 1 N–H and O–H groups in total. The van der Waals surface area contributed by atoms with Gasteiger partial charge < -0.3 is 15.0 Å². The minimum absolute atomic E-state index is 0. The molecule has 0 aromatic heterocycles. The van der Waals surface area contributed by atoms with E-state index in [2.05, 4.69) is 19.2 Å². The maximum atomic E-state index is 13.8. The molecule has 2 unspecified atom stereocenters. The number of carbonyl (C=O) groups is 1. The molecule has 2 atom stereocenters. The second-order valence-electron chi connectivity index (χ2n) is 6.88. The van der Waals surface area contributed by atoms with E-state index in [1.54, 1.807) is 6.07 Å². The van der Waals surface area contributed by atoms with Gasteiger partial charge >= 0.3 is 0 Å². The molecule has 0 aliphatic carbocycles. The van der Waals surface area contributed by atoms with Crippen LogP contribution in [0.2, 0.25) is 0 Å². The van der Waals surface area contributed by atoms with Crippen LogP contribution in [0.1, 0.15) is 32.3 Å². The average Bonchev–Trinajstić information content (AvgIpc) is 2.54. The molecule has 1 aromatic rings. The van der Waals surface area contributed by atoms with Gasteiger partial charge in [0.25, 0.3) is 0 Å². The number of rotatable bonds is 2. The lowest BCUT2D eigenvalue weighted by atomic mass is 9.72. The van der Waals surface area contributed by atoms with Crippen LogP contribution in [0.15, 0.2) is 24.3 Å². The van der Waals surface area contributed by atoms with Crippen LogP contribution < -0.4 is 5.32 Å². The molecule has 1 aromatic carbocycles. The first kappa shape index (κ1) is 19.2. The molecule has 0 spiro atoms. The summed E-state index contributed by atoms with van der Waals surface area (Å²) in [6.07, 6.45) is 1.23. The van der Waals surface area contributed by atoms with Gasteiger partial charge in [-0.3, -0.25) is 4.79 Å². The summed E-state index contributed by atoms with van der Waals surface area (Å²) in [7, 11) is 0. The van der Waals surface area contributed by atoms with Crippen LogP contribution in [0.3, 0.4) is 0 Å². The molecule has 0 bridgehead atoms. The molecule has 2 aliphatic rings. The third-order valence-corrected chi connectivity index (χ3v) is 4.98.